The average molecular weight is 527 g/mol. The van der Waals surface area contributed by atoms with E-state index >= 15 is 0 Å². The quantitative estimate of drug-likeness (QED) is 0.282. The molecule has 3 aromatic carbocycles. The summed E-state index contributed by atoms with van der Waals surface area (Å²) in [6.45, 7) is 3.19. The maximum atomic E-state index is 13.8. The minimum atomic E-state index is -5.01. The molecule has 0 saturated carbocycles. The van der Waals surface area contributed by atoms with Crippen LogP contribution in [0, 0.1) is 6.92 Å². The van der Waals surface area contributed by atoms with E-state index in [4.69, 9.17) is 18.6 Å². The molecule has 0 atom stereocenters. The predicted octanol–water partition coefficient (Wildman–Crippen LogP) is 6.50. The van der Waals surface area contributed by atoms with Gasteiger partial charge in [-0.15, -0.1) is 0 Å². The van der Waals surface area contributed by atoms with Crippen LogP contribution in [0.2, 0.25) is 0 Å². The number of hydrogen-bond acceptors (Lipinski definition) is 6. The van der Waals surface area contributed by atoms with Crippen molar-refractivity contribution in [2.24, 2.45) is 0 Å². The lowest BCUT2D eigenvalue weighted by molar-refractivity contribution is -0.154. The Bertz CT molecular complexity index is 1530. The fourth-order valence-corrected chi connectivity index (χ4v) is 3.80. The number of hydrogen-bond donors (Lipinski definition) is 1. The van der Waals surface area contributed by atoms with Gasteiger partial charge < -0.3 is 23.9 Å². The van der Waals surface area contributed by atoms with E-state index in [1.807, 2.05) is 13.0 Å². The highest BCUT2D eigenvalue weighted by molar-refractivity contribution is 5.93. The first kappa shape index (κ1) is 26.6. The number of fused-ring (bicyclic) bond motifs is 1. The van der Waals surface area contributed by atoms with Gasteiger partial charge >= 0.3 is 6.18 Å². The second kappa shape index (κ2) is 10.9. The van der Waals surface area contributed by atoms with E-state index in [0.717, 1.165) is 5.56 Å². The summed E-state index contributed by atoms with van der Waals surface area (Å²) in [5, 5.41) is 2.58. The highest BCUT2D eigenvalue weighted by atomic mass is 19.4. The summed E-state index contributed by atoms with van der Waals surface area (Å²) < 4.78 is 62.9. The number of aryl methyl sites for hydroxylation is 2. The van der Waals surface area contributed by atoms with Gasteiger partial charge in [0.15, 0.2) is 6.61 Å². The number of anilines is 1. The van der Waals surface area contributed by atoms with Crippen LogP contribution in [0.3, 0.4) is 0 Å². The van der Waals surface area contributed by atoms with Crippen LogP contribution >= 0.6 is 0 Å². The molecule has 0 bridgehead atoms. The van der Waals surface area contributed by atoms with Crippen molar-refractivity contribution in [3.05, 3.63) is 87.8 Å². The lowest BCUT2D eigenvalue weighted by Gasteiger charge is -2.16. The molecule has 0 saturated heterocycles. The molecule has 4 rings (SSSR count). The molecule has 38 heavy (non-hydrogen) atoms. The third-order valence-corrected chi connectivity index (χ3v) is 5.62. The first-order valence-electron chi connectivity index (χ1n) is 11.6. The molecule has 1 aromatic heterocycles. The number of ether oxygens (including phenoxy) is 3. The zero-order valence-electron chi connectivity index (χ0n) is 20.8. The van der Waals surface area contributed by atoms with E-state index in [2.05, 4.69) is 5.32 Å². The molecule has 4 aromatic rings. The smallest absolute Gasteiger partial charge is 0.453 e. The Labute approximate surface area is 215 Å². The second-order valence-corrected chi connectivity index (χ2v) is 8.35. The highest BCUT2D eigenvalue weighted by Crippen LogP contribution is 2.39. The largest absolute Gasteiger partial charge is 0.495 e. The predicted molar refractivity (Wildman–Crippen MR) is 135 cm³/mol. The fourth-order valence-electron chi connectivity index (χ4n) is 3.80. The van der Waals surface area contributed by atoms with Crippen molar-refractivity contribution in [1.82, 2.24) is 0 Å². The topological polar surface area (TPSA) is 87.0 Å². The molecule has 0 aliphatic rings. The number of amides is 1. The number of rotatable bonds is 8. The first-order valence-corrected chi connectivity index (χ1v) is 11.6. The monoisotopic (exact) mass is 527 g/mol. The molecule has 1 heterocycles. The van der Waals surface area contributed by atoms with E-state index < -0.39 is 35.6 Å². The van der Waals surface area contributed by atoms with Crippen LogP contribution < -0.4 is 25.0 Å². The first-order chi connectivity index (χ1) is 18.1. The summed E-state index contributed by atoms with van der Waals surface area (Å²) in [6.07, 6.45) is -4.64. The molecule has 0 aliphatic heterocycles. The van der Waals surface area contributed by atoms with Crippen molar-refractivity contribution in [2.75, 3.05) is 19.0 Å². The summed E-state index contributed by atoms with van der Waals surface area (Å²) in [7, 11) is 1.47. The van der Waals surface area contributed by atoms with Gasteiger partial charge in [-0.1, -0.05) is 31.2 Å². The number of halogens is 3. The highest BCUT2D eigenvalue weighted by Gasteiger charge is 2.40. The van der Waals surface area contributed by atoms with Gasteiger partial charge in [-0.25, -0.2) is 0 Å². The zero-order chi connectivity index (χ0) is 27.4. The van der Waals surface area contributed by atoms with Crippen molar-refractivity contribution in [2.45, 2.75) is 26.4 Å². The second-order valence-electron chi connectivity index (χ2n) is 8.35. The Morgan fingerprint density at radius 3 is 2.42 bits per heavy atom. The molecular weight excluding hydrogens is 503 g/mol. The number of alkyl halides is 3. The third kappa shape index (κ3) is 5.74. The maximum Gasteiger partial charge on any atom is 0.453 e. The summed E-state index contributed by atoms with van der Waals surface area (Å²) in [6, 6.07) is 15.5. The van der Waals surface area contributed by atoms with Crippen molar-refractivity contribution < 1.29 is 36.6 Å². The van der Waals surface area contributed by atoms with Crippen LogP contribution in [0.4, 0.5) is 18.9 Å². The summed E-state index contributed by atoms with van der Waals surface area (Å²) in [5.41, 5.74) is 0.512. The molecule has 0 radical (unpaired) electrons. The van der Waals surface area contributed by atoms with E-state index in [1.54, 1.807) is 37.3 Å². The minimum Gasteiger partial charge on any atom is -0.495 e. The molecule has 1 amide bonds. The van der Waals surface area contributed by atoms with Crippen LogP contribution in [-0.4, -0.2) is 19.6 Å². The lowest BCUT2D eigenvalue weighted by atomic mass is 10.1. The number of nitrogens with one attached hydrogen (secondary N) is 1. The molecular formula is C28H24F3NO6. The van der Waals surface area contributed by atoms with Gasteiger partial charge in [-0.2, -0.15) is 13.2 Å². The Balaban J connectivity index is 1.67. The van der Waals surface area contributed by atoms with Crippen LogP contribution in [0.25, 0.3) is 11.0 Å². The number of benzene rings is 3. The van der Waals surface area contributed by atoms with Gasteiger partial charge in [-0.05, 0) is 54.8 Å². The van der Waals surface area contributed by atoms with Crippen molar-refractivity contribution in [3.63, 3.8) is 0 Å². The molecule has 0 aliphatic carbocycles. The molecule has 7 nitrogen and oxygen atoms in total. The van der Waals surface area contributed by atoms with Gasteiger partial charge in [0, 0.05) is 6.07 Å². The fraction of sp³-hybridized carbons (Fsp3) is 0.214. The lowest BCUT2D eigenvalue weighted by Crippen LogP contribution is -2.21. The maximum absolute atomic E-state index is 13.8. The summed E-state index contributed by atoms with van der Waals surface area (Å²) in [4.78, 5) is 25.7. The molecule has 1 N–H and O–H groups in total. The summed E-state index contributed by atoms with van der Waals surface area (Å²) in [5.74, 6) is -2.42. The molecule has 198 valence electrons. The van der Waals surface area contributed by atoms with Crippen molar-refractivity contribution in [3.8, 4) is 23.0 Å². The standard InChI is InChI=1S/C28H24F3NO6/c1-4-17-13-19-23(14-22(17)36-15-24(33)32-20-12-16(2)10-11-21(20)35-3)38-27(28(29,30)31)26(25(19)34)37-18-8-6-5-7-9-18/h5-14H,4,15H2,1-3H3,(H,32,33). The van der Waals surface area contributed by atoms with Gasteiger partial charge in [-0.3, -0.25) is 9.59 Å². The Hall–Kier alpha value is -4.47. The average Bonchev–Trinajstić information content (AvgIpc) is 2.88. The molecule has 0 spiro atoms. The van der Waals surface area contributed by atoms with Gasteiger partial charge in [0.05, 0.1) is 18.2 Å². The third-order valence-electron chi connectivity index (χ3n) is 5.62. The minimum absolute atomic E-state index is 0.0524. The Kier molecular flexibility index (Phi) is 7.61. The Morgan fingerprint density at radius 1 is 1.03 bits per heavy atom. The van der Waals surface area contributed by atoms with Gasteiger partial charge in [0.25, 0.3) is 11.7 Å². The SMILES string of the molecule is CCc1cc2c(=O)c(Oc3ccccc3)c(C(F)(F)F)oc2cc1OCC(=O)Nc1cc(C)ccc1OC. The Morgan fingerprint density at radius 2 is 1.76 bits per heavy atom. The summed E-state index contributed by atoms with van der Waals surface area (Å²) >= 11 is 0. The molecule has 0 fully saturated rings. The van der Waals surface area contributed by atoms with Crippen LogP contribution in [-0.2, 0) is 17.4 Å². The van der Waals surface area contributed by atoms with Crippen molar-refractivity contribution >= 4 is 22.6 Å². The number of para-hydroxylation sites is 1. The van der Waals surface area contributed by atoms with E-state index in [9.17, 15) is 22.8 Å². The number of carbonyl (C=O) groups excluding carboxylic acids is 1. The molecule has 0 unspecified atom stereocenters. The van der Waals surface area contributed by atoms with E-state index in [-0.39, 0.29) is 22.5 Å². The van der Waals surface area contributed by atoms with Crippen LogP contribution in [0.1, 0.15) is 23.8 Å². The van der Waals surface area contributed by atoms with Crippen LogP contribution in [0.15, 0.2) is 69.9 Å². The number of methoxy groups -OCH3 is 1. The zero-order valence-corrected chi connectivity index (χ0v) is 20.8. The van der Waals surface area contributed by atoms with Crippen LogP contribution in [0.5, 0.6) is 23.0 Å². The number of carbonyl (C=O) groups is 1. The van der Waals surface area contributed by atoms with Crippen molar-refractivity contribution in [1.29, 1.82) is 0 Å². The van der Waals surface area contributed by atoms with Gasteiger partial charge in [0.1, 0.15) is 22.8 Å². The molecule has 10 heteroatoms. The van der Waals surface area contributed by atoms with Gasteiger partial charge in [0.2, 0.25) is 11.2 Å². The normalized spacial score (nSPS) is 11.3. The van der Waals surface area contributed by atoms with E-state index in [1.165, 1.54) is 31.4 Å². The van der Waals surface area contributed by atoms with E-state index in [0.29, 0.717) is 23.4 Å².